The largest absolute Gasteiger partial charge is 0.349 e. The summed E-state index contributed by atoms with van der Waals surface area (Å²) in [6, 6.07) is 10.6. The number of guanidine groups is 1. The van der Waals surface area contributed by atoms with Crippen LogP contribution in [0.1, 0.15) is 17.8 Å². The number of nitrogens with zero attached hydrogens (tertiary/aromatic N) is 5. The highest BCUT2D eigenvalue weighted by Crippen LogP contribution is 2.21. The van der Waals surface area contributed by atoms with E-state index >= 15 is 0 Å². The first-order valence-corrected chi connectivity index (χ1v) is 7.81. The van der Waals surface area contributed by atoms with Gasteiger partial charge >= 0.3 is 0 Å². The fourth-order valence-corrected chi connectivity index (χ4v) is 2.73. The Balaban J connectivity index is 1.61. The van der Waals surface area contributed by atoms with Crippen molar-refractivity contribution in [1.29, 1.82) is 0 Å². The summed E-state index contributed by atoms with van der Waals surface area (Å²) in [6.45, 7) is 2.44. The fourth-order valence-electron chi connectivity index (χ4n) is 2.73. The molecule has 120 valence electrons. The lowest BCUT2D eigenvalue weighted by Crippen LogP contribution is -2.43. The molecule has 0 saturated heterocycles. The summed E-state index contributed by atoms with van der Waals surface area (Å²) in [5.41, 5.74) is 2.72. The number of benzene rings is 1. The van der Waals surface area contributed by atoms with Crippen molar-refractivity contribution in [2.45, 2.75) is 13.0 Å². The van der Waals surface area contributed by atoms with Gasteiger partial charge in [0.2, 0.25) is 0 Å². The third-order valence-electron chi connectivity index (χ3n) is 4.07. The Morgan fingerprint density at radius 3 is 2.74 bits per heavy atom. The van der Waals surface area contributed by atoms with Crippen LogP contribution in [0.5, 0.6) is 0 Å². The predicted molar refractivity (Wildman–Crippen MR) is 91.8 cm³/mol. The Bertz CT molecular complexity index is 701. The minimum Gasteiger partial charge on any atom is -0.349 e. The summed E-state index contributed by atoms with van der Waals surface area (Å²) >= 11 is 0. The van der Waals surface area contributed by atoms with E-state index in [1.807, 2.05) is 18.7 Å². The number of hydrogen-bond acceptors (Lipinski definition) is 3. The van der Waals surface area contributed by atoms with E-state index in [-0.39, 0.29) is 0 Å². The number of aromatic nitrogens is 3. The summed E-state index contributed by atoms with van der Waals surface area (Å²) in [5, 5.41) is 11.3. The zero-order valence-electron chi connectivity index (χ0n) is 13.6. The summed E-state index contributed by atoms with van der Waals surface area (Å²) in [5.74, 6) is 1.79. The van der Waals surface area contributed by atoms with Crippen molar-refractivity contribution >= 4 is 11.5 Å². The predicted octanol–water partition coefficient (Wildman–Crippen LogP) is 1.68. The first-order chi connectivity index (χ1) is 11.3. The molecular weight excluding hydrogens is 288 g/mol. The fraction of sp³-hybridized carbons (Fsp3) is 0.353. The van der Waals surface area contributed by atoms with Gasteiger partial charge in [-0.2, -0.15) is 0 Å². The summed E-state index contributed by atoms with van der Waals surface area (Å²) in [4.78, 5) is 6.64. The molecule has 0 spiro atoms. The summed E-state index contributed by atoms with van der Waals surface area (Å²) < 4.78 is 1.91. The smallest absolute Gasteiger partial charge is 0.194 e. The Kier molecular flexibility index (Phi) is 4.71. The zero-order chi connectivity index (χ0) is 16.1. The van der Waals surface area contributed by atoms with Crippen molar-refractivity contribution < 1.29 is 0 Å². The van der Waals surface area contributed by atoms with E-state index in [4.69, 9.17) is 0 Å². The van der Waals surface area contributed by atoms with Gasteiger partial charge in [-0.3, -0.25) is 4.99 Å². The van der Waals surface area contributed by atoms with Gasteiger partial charge in [-0.1, -0.05) is 36.4 Å². The van der Waals surface area contributed by atoms with Crippen molar-refractivity contribution in [2.75, 3.05) is 20.1 Å². The maximum Gasteiger partial charge on any atom is 0.194 e. The van der Waals surface area contributed by atoms with Crippen LogP contribution in [-0.4, -0.2) is 45.8 Å². The highest BCUT2D eigenvalue weighted by atomic mass is 15.3. The molecular formula is C17H22N6. The third kappa shape index (κ3) is 3.59. The van der Waals surface area contributed by atoms with E-state index in [0.29, 0.717) is 6.54 Å². The second-order valence-electron chi connectivity index (χ2n) is 5.55. The molecule has 6 heteroatoms. The van der Waals surface area contributed by atoms with Gasteiger partial charge in [0.25, 0.3) is 0 Å². The lowest BCUT2D eigenvalue weighted by Gasteiger charge is -2.29. The van der Waals surface area contributed by atoms with Crippen LogP contribution in [0.25, 0.3) is 5.57 Å². The van der Waals surface area contributed by atoms with Crippen LogP contribution in [0.15, 0.2) is 47.7 Å². The molecule has 1 aromatic carbocycles. The molecule has 0 aliphatic carbocycles. The van der Waals surface area contributed by atoms with Crippen LogP contribution in [0.2, 0.25) is 0 Å². The van der Waals surface area contributed by atoms with Gasteiger partial charge in [0.05, 0.1) is 6.54 Å². The van der Waals surface area contributed by atoms with Gasteiger partial charge in [0.15, 0.2) is 11.8 Å². The minimum atomic E-state index is 0.620. The van der Waals surface area contributed by atoms with Crippen molar-refractivity contribution in [3.05, 3.63) is 54.1 Å². The Labute approximate surface area is 136 Å². The number of aryl methyl sites for hydroxylation is 1. The van der Waals surface area contributed by atoms with Crippen molar-refractivity contribution in [3.63, 3.8) is 0 Å². The summed E-state index contributed by atoms with van der Waals surface area (Å²) in [6.07, 6.45) is 5.01. The van der Waals surface area contributed by atoms with E-state index in [9.17, 15) is 0 Å². The van der Waals surface area contributed by atoms with Crippen LogP contribution in [-0.2, 0) is 13.6 Å². The Hall–Kier alpha value is -2.63. The Morgan fingerprint density at radius 2 is 2.13 bits per heavy atom. The lowest BCUT2D eigenvalue weighted by atomic mass is 10.00. The molecule has 2 heterocycles. The van der Waals surface area contributed by atoms with Crippen LogP contribution in [0.4, 0.5) is 0 Å². The molecule has 0 bridgehead atoms. The SMILES string of the molecule is CN=C(NCc1nncn1C)N1CC=C(c2ccccc2)CC1. The topological polar surface area (TPSA) is 58.3 Å². The average molecular weight is 310 g/mol. The first kappa shape index (κ1) is 15.3. The van der Waals surface area contributed by atoms with E-state index in [0.717, 1.165) is 31.3 Å². The molecule has 6 nitrogen and oxygen atoms in total. The molecule has 0 fully saturated rings. The number of nitrogens with one attached hydrogen (secondary N) is 1. The highest BCUT2D eigenvalue weighted by Gasteiger charge is 2.16. The number of hydrogen-bond donors (Lipinski definition) is 1. The maximum absolute atomic E-state index is 4.38. The molecule has 0 amide bonds. The van der Waals surface area contributed by atoms with Crippen LogP contribution >= 0.6 is 0 Å². The van der Waals surface area contributed by atoms with E-state index in [2.05, 4.69) is 61.8 Å². The van der Waals surface area contributed by atoms with Gasteiger partial charge in [0.1, 0.15) is 6.33 Å². The number of aliphatic imine (C=N–C) groups is 1. The lowest BCUT2D eigenvalue weighted by molar-refractivity contribution is 0.438. The third-order valence-corrected chi connectivity index (χ3v) is 4.07. The summed E-state index contributed by atoms with van der Waals surface area (Å²) in [7, 11) is 3.75. The second-order valence-corrected chi connectivity index (χ2v) is 5.55. The van der Waals surface area contributed by atoms with Gasteiger partial charge < -0.3 is 14.8 Å². The molecule has 23 heavy (non-hydrogen) atoms. The minimum absolute atomic E-state index is 0.620. The molecule has 0 saturated carbocycles. The molecule has 0 unspecified atom stereocenters. The van der Waals surface area contributed by atoms with Crippen molar-refractivity contribution in [2.24, 2.45) is 12.0 Å². The number of rotatable bonds is 3. The highest BCUT2D eigenvalue weighted by molar-refractivity contribution is 5.81. The molecule has 0 atom stereocenters. The Morgan fingerprint density at radius 1 is 1.30 bits per heavy atom. The van der Waals surface area contributed by atoms with Gasteiger partial charge in [-0.15, -0.1) is 10.2 Å². The molecule has 2 aromatic rings. The van der Waals surface area contributed by atoms with Crippen LogP contribution in [0.3, 0.4) is 0 Å². The molecule has 1 N–H and O–H groups in total. The van der Waals surface area contributed by atoms with Crippen molar-refractivity contribution in [3.8, 4) is 0 Å². The van der Waals surface area contributed by atoms with E-state index in [1.54, 1.807) is 6.33 Å². The maximum atomic E-state index is 4.38. The van der Waals surface area contributed by atoms with Gasteiger partial charge in [-0.25, -0.2) is 0 Å². The average Bonchev–Trinajstić information content (AvgIpc) is 3.02. The zero-order valence-corrected chi connectivity index (χ0v) is 13.6. The van der Waals surface area contributed by atoms with E-state index < -0.39 is 0 Å². The quantitative estimate of drug-likeness (QED) is 0.692. The molecule has 1 aromatic heterocycles. The van der Waals surface area contributed by atoms with Crippen molar-refractivity contribution in [1.82, 2.24) is 25.0 Å². The molecule has 0 radical (unpaired) electrons. The molecule has 1 aliphatic rings. The molecule has 1 aliphatic heterocycles. The monoisotopic (exact) mass is 310 g/mol. The van der Waals surface area contributed by atoms with E-state index in [1.165, 1.54) is 11.1 Å². The second kappa shape index (κ2) is 7.09. The normalized spacial score (nSPS) is 15.5. The van der Waals surface area contributed by atoms with Crippen LogP contribution in [0, 0.1) is 0 Å². The first-order valence-electron chi connectivity index (χ1n) is 7.81. The van der Waals surface area contributed by atoms with Crippen LogP contribution < -0.4 is 5.32 Å². The molecule has 3 rings (SSSR count). The van der Waals surface area contributed by atoms with Gasteiger partial charge in [0, 0.05) is 27.2 Å². The van der Waals surface area contributed by atoms with Gasteiger partial charge in [-0.05, 0) is 17.6 Å². The standard InChI is InChI=1S/C17H22N6/c1-18-17(19-12-16-21-20-13-22(16)2)23-10-8-15(9-11-23)14-6-4-3-5-7-14/h3-8,13H,9-12H2,1-2H3,(H,18,19).